The van der Waals surface area contributed by atoms with Crippen molar-refractivity contribution in [1.29, 1.82) is 0 Å². The Kier molecular flexibility index (Phi) is 3.25. The molecule has 1 unspecified atom stereocenters. The fourth-order valence-corrected chi connectivity index (χ4v) is 3.13. The third-order valence-electron chi connectivity index (χ3n) is 3.45. The number of hydrogen-bond acceptors (Lipinski definition) is 2. The van der Waals surface area contributed by atoms with E-state index in [4.69, 9.17) is 0 Å². The summed E-state index contributed by atoms with van der Waals surface area (Å²) >= 11 is 1.66. The van der Waals surface area contributed by atoms with Crippen molar-refractivity contribution in [2.24, 2.45) is 0 Å². The zero-order valence-electron chi connectivity index (χ0n) is 10.8. The van der Waals surface area contributed by atoms with E-state index >= 15 is 0 Å². The summed E-state index contributed by atoms with van der Waals surface area (Å²) in [6, 6.07) is 12.2. The van der Waals surface area contributed by atoms with Crippen LogP contribution in [0.4, 0.5) is 10.5 Å². The molecule has 0 radical (unpaired) electrons. The topological polar surface area (TPSA) is 32.3 Å². The molecule has 1 aliphatic heterocycles. The van der Waals surface area contributed by atoms with Crippen molar-refractivity contribution >= 4 is 23.1 Å². The molecule has 3 rings (SSSR count). The second-order valence-corrected chi connectivity index (χ2v) is 5.84. The largest absolute Gasteiger partial charge is 0.333 e. The Bertz CT molecular complexity index is 580. The Labute approximate surface area is 116 Å². The van der Waals surface area contributed by atoms with Crippen LogP contribution in [0, 0.1) is 0 Å². The first kappa shape index (κ1) is 12.2. The minimum atomic E-state index is -0.00907. The molecule has 2 heterocycles. The highest BCUT2D eigenvalue weighted by Gasteiger charge is 2.29. The van der Waals surface area contributed by atoms with Crippen molar-refractivity contribution in [2.75, 3.05) is 11.4 Å². The summed E-state index contributed by atoms with van der Waals surface area (Å²) in [5.41, 5.74) is 2.30. The lowest BCUT2D eigenvalue weighted by Crippen LogP contribution is -2.38. The number of carbonyl (C=O) groups is 1. The number of hydrogen-bond donors (Lipinski definition) is 1. The summed E-state index contributed by atoms with van der Waals surface area (Å²) < 4.78 is 0. The van der Waals surface area contributed by atoms with Crippen LogP contribution in [0.25, 0.3) is 0 Å². The van der Waals surface area contributed by atoms with Crippen LogP contribution in [-0.4, -0.2) is 12.6 Å². The fourth-order valence-electron chi connectivity index (χ4n) is 2.48. The molecule has 98 valence electrons. The maximum atomic E-state index is 12.3. The molecule has 2 amide bonds. The van der Waals surface area contributed by atoms with E-state index in [9.17, 15) is 4.79 Å². The van der Waals surface area contributed by atoms with Crippen LogP contribution in [0.3, 0.4) is 0 Å². The number of fused-ring (bicyclic) bond motifs is 1. The second-order valence-electron chi connectivity index (χ2n) is 4.81. The van der Waals surface area contributed by atoms with Crippen LogP contribution in [0.1, 0.15) is 23.3 Å². The van der Waals surface area contributed by atoms with Gasteiger partial charge in [-0.3, -0.25) is 4.90 Å². The number of amides is 2. The van der Waals surface area contributed by atoms with E-state index in [0.717, 1.165) is 12.2 Å². The monoisotopic (exact) mass is 272 g/mol. The van der Waals surface area contributed by atoms with E-state index in [1.165, 1.54) is 10.4 Å². The molecule has 0 aliphatic carbocycles. The third kappa shape index (κ3) is 2.36. The van der Waals surface area contributed by atoms with Crippen LogP contribution in [0.5, 0.6) is 0 Å². The Balaban J connectivity index is 1.71. The Morgan fingerprint density at radius 2 is 2.21 bits per heavy atom. The molecular weight excluding hydrogens is 256 g/mol. The molecule has 2 aromatic rings. The lowest BCUT2D eigenvalue weighted by atomic mass is 10.0. The molecular formula is C15H16N2OS. The smallest absolute Gasteiger partial charge is 0.322 e. The Morgan fingerprint density at radius 3 is 3.00 bits per heavy atom. The standard InChI is InChI=1S/C15H16N2OS/c1-11-10-17(14-7-3-2-6-13(11)14)15(18)16-9-12-5-4-8-19-12/h2-8,11H,9-10H2,1H3,(H,16,18). The quantitative estimate of drug-likeness (QED) is 0.890. The van der Waals surface area contributed by atoms with Gasteiger partial charge in [-0.25, -0.2) is 4.79 Å². The molecule has 1 aromatic heterocycles. The lowest BCUT2D eigenvalue weighted by Gasteiger charge is -2.18. The van der Waals surface area contributed by atoms with Crippen molar-refractivity contribution < 1.29 is 4.79 Å². The van der Waals surface area contributed by atoms with Crippen LogP contribution >= 0.6 is 11.3 Å². The molecule has 0 fully saturated rings. The molecule has 4 heteroatoms. The molecule has 19 heavy (non-hydrogen) atoms. The summed E-state index contributed by atoms with van der Waals surface area (Å²) in [5, 5.41) is 5.01. The molecule has 1 aromatic carbocycles. The summed E-state index contributed by atoms with van der Waals surface area (Å²) in [5.74, 6) is 0.406. The highest BCUT2D eigenvalue weighted by atomic mass is 32.1. The number of nitrogens with one attached hydrogen (secondary N) is 1. The van der Waals surface area contributed by atoms with Gasteiger partial charge in [-0.15, -0.1) is 11.3 Å². The number of urea groups is 1. The molecule has 1 N–H and O–H groups in total. The minimum Gasteiger partial charge on any atom is -0.333 e. The zero-order chi connectivity index (χ0) is 13.2. The number of para-hydroxylation sites is 1. The van der Waals surface area contributed by atoms with Crippen molar-refractivity contribution in [3.05, 3.63) is 52.2 Å². The first-order chi connectivity index (χ1) is 9.25. The van der Waals surface area contributed by atoms with Gasteiger partial charge in [0, 0.05) is 23.0 Å². The minimum absolute atomic E-state index is 0.00907. The van der Waals surface area contributed by atoms with Crippen LogP contribution < -0.4 is 10.2 Å². The van der Waals surface area contributed by atoms with Crippen molar-refractivity contribution in [2.45, 2.75) is 19.4 Å². The van der Waals surface area contributed by atoms with E-state index in [1.807, 2.05) is 40.6 Å². The number of carbonyl (C=O) groups excluding carboxylic acids is 1. The Morgan fingerprint density at radius 1 is 1.37 bits per heavy atom. The highest BCUT2D eigenvalue weighted by Crippen LogP contribution is 2.35. The summed E-state index contributed by atoms with van der Waals surface area (Å²) in [4.78, 5) is 15.3. The normalized spacial score (nSPS) is 17.3. The first-order valence-corrected chi connectivity index (χ1v) is 7.30. The summed E-state index contributed by atoms with van der Waals surface area (Å²) in [6.07, 6.45) is 0. The van der Waals surface area contributed by atoms with Gasteiger partial charge in [0.25, 0.3) is 0 Å². The molecule has 0 saturated carbocycles. The first-order valence-electron chi connectivity index (χ1n) is 6.42. The van der Waals surface area contributed by atoms with Gasteiger partial charge in [-0.2, -0.15) is 0 Å². The zero-order valence-corrected chi connectivity index (χ0v) is 11.6. The molecule has 1 aliphatic rings. The third-order valence-corrected chi connectivity index (χ3v) is 4.33. The van der Waals surface area contributed by atoms with Gasteiger partial charge in [0.05, 0.1) is 6.54 Å². The second kappa shape index (κ2) is 5.05. The average molecular weight is 272 g/mol. The van der Waals surface area contributed by atoms with Crippen LogP contribution in [-0.2, 0) is 6.54 Å². The van der Waals surface area contributed by atoms with Crippen molar-refractivity contribution in [3.63, 3.8) is 0 Å². The van der Waals surface area contributed by atoms with Gasteiger partial charge in [-0.05, 0) is 23.1 Å². The van der Waals surface area contributed by atoms with Crippen LogP contribution in [0.2, 0.25) is 0 Å². The SMILES string of the molecule is CC1CN(C(=O)NCc2cccs2)c2ccccc21. The average Bonchev–Trinajstić information content (AvgIpc) is 3.05. The summed E-state index contributed by atoms with van der Waals surface area (Å²) in [7, 11) is 0. The van der Waals surface area contributed by atoms with E-state index in [-0.39, 0.29) is 6.03 Å². The number of rotatable bonds is 2. The predicted octanol–water partition coefficient (Wildman–Crippen LogP) is 3.58. The lowest BCUT2D eigenvalue weighted by molar-refractivity contribution is 0.246. The van der Waals surface area contributed by atoms with Gasteiger partial charge in [0.2, 0.25) is 0 Å². The van der Waals surface area contributed by atoms with Gasteiger partial charge >= 0.3 is 6.03 Å². The summed E-state index contributed by atoms with van der Waals surface area (Å²) in [6.45, 7) is 3.52. The molecule has 3 nitrogen and oxygen atoms in total. The van der Waals surface area contributed by atoms with Gasteiger partial charge in [-0.1, -0.05) is 31.2 Å². The van der Waals surface area contributed by atoms with Gasteiger partial charge in [0.1, 0.15) is 0 Å². The van der Waals surface area contributed by atoms with Gasteiger partial charge in [0.15, 0.2) is 0 Å². The molecule has 0 spiro atoms. The van der Waals surface area contributed by atoms with Gasteiger partial charge < -0.3 is 5.32 Å². The number of anilines is 1. The van der Waals surface area contributed by atoms with E-state index in [0.29, 0.717) is 12.5 Å². The van der Waals surface area contributed by atoms with Crippen molar-refractivity contribution in [1.82, 2.24) is 5.32 Å². The molecule has 1 atom stereocenters. The maximum absolute atomic E-state index is 12.3. The highest BCUT2D eigenvalue weighted by molar-refractivity contribution is 7.09. The maximum Gasteiger partial charge on any atom is 0.322 e. The number of thiophene rings is 1. The fraction of sp³-hybridized carbons (Fsp3) is 0.267. The molecule has 0 bridgehead atoms. The van der Waals surface area contributed by atoms with E-state index in [2.05, 4.69) is 18.3 Å². The molecule has 0 saturated heterocycles. The number of benzene rings is 1. The van der Waals surface area contributed by atoms with Crippen LogP contribution in [0.15, 0.2) is 41.8 Å². The van der Waals surface area contributed by atoms with E-state index in [1.54, 1.807) is 11.3 Å². The van der Waals surface area contributed by atoms with E-state index < -0.39 is 0 Å². The Hall–Kier alpha value is -1.81. The van der Waals surface area contributed by atoms with Crippen molar-refractivity contribution in [3.8, 4) is 0 Å². The number of nitrogens with zero attached hydrogens (tertiary/aromatic N) is 1. The predicted molar refractivity (Wildman–Crippen MR) is 78.8 cm³/mol.